The molecule has 1 aliphatic carbocycles. The van der Waals surface area contributed by atoms with Gasteiger partial charge in [-0.1, -0.05) is 24.3 Å². The predicted octanol–water partition coefficient (Wildman–Crippen LogP) is 2.16. The van der Waals surface area contributed by atoms with Crippen molar-refractivity contribution in [3.8, 4) is 0 Å². The molecular weight excluding hydrogens is 234 g/mol. The summed E-state index contributed by atoms with van der Waals surface area (Å²) in [5.41, 5.74) is 9.11. The molecule has 2 aliphatic rings. The van der Waals surface area contributed by atoms with Crippen LogP contribution in [0.1, 0.15) is 43.5 Å². The third-order valence-corrected chi connectivity index (χ3v) is 5.06. The lowest BCUT2D eigenvalue weighted by molar-refractivity contribution is 0.0322. The maximum absolute atomic E-state index is 6.30. The van der Waals surface area contributed by atoms with Gasteiger partial charge in [0.05, 0.1) is 0 Å². The lowest BCUT2D eigenvalue weighted by atomic mass is 10.0. The summed E-state index contributed by atoms with van der Waals surface area (Å²) in [6, 6.07) is 10.7. The minimum absolute atomic E-state index is 0.214. The van der Waals surface area contributed by atoms with Crippen molar-refractivity contribution < 1.29 is 0 Å². The summed E-state index contributed by atoms with van der Waals surface area (Å²) in [6.07, 6.45) is 1.07. The number of nitrogens with two attached hydrogens (primary N) is 1. The fraction of sp³-hybridized carbons (Fsp3) is 0.625. The van der Waals surface area contributed by atoms with Crippen molar-refractivity contribution in [3.05, 3.63) is 35.4 Å². The monoisotopic (exact) mass is 259 g/mol. The molecule has 0 aromatic heterocycles. The van der Waals surface area contributed by atoms with Crippen LogP contribution >= 0.6 is 0 Å². The molecule has 4 unspecified atom stereocenters. The van der Waals surface area contributed by atoms with E-state index in [0.29, 0.717) is 18.1 Å². The minimum atomic E-state index is 0.214. The lowest BCUT2D eigenvalue weighted by Gasteiger charge is -2.45. The molecule has 0 amide bonds. The van der Waals surface area contributed by atoms with Gasteiger partial charge in [-0.2, -0.15) is 0 Å². The Hall–Kier alpha value is -0.900. The van der Waals surface area contributed by atoms with Crippen molar-refractivity contribution in [2.75, 3.05) is 20.1 Å². The van der Waals surface area contributed by atoms with E-state index in [9.17, 15) is 0 Å². The van der Waals surface area contributed by atoms with E-state index < -0.39 is 0 Å². The second-order valence-corrected chi connectivity index (χ2v) is 6.30. The fourth-order valence-corrected chi connectivity index (χ4v) is 3.69. The predicted molar refractivity (Wildman–Crippen MR) is 79.0 cm³/mol. The Kier molecular flexibility index (Phi) is 3.37. The van der Waals surface area contributed by atoms with E-state index in [2.05, 4.69) is 55.0 Å². The van der Waals surface area contributed by atoms with Gasteiger partial charge in [-0.05, 0) is 38.4 Å². The lowest BCUT2D eigenvalue weighted by Crippen LogP contribution is -2.55. The van der Waals surface area contributed by atoms with E-state index in [1.54, 1.807) is 0 Å². The average Bonchev–Trinajstić information content (AvgIpc) is 2.74. The van der Waals surface area contributed by atoms with E-state index in [1.165, 1.54) is 11.1 Å². The van der Waals surface area contributed by atoms with E-state index in [1.807, 2.05) is 0 Å². The van der Waals surface area contributed by atoms with Gasteiger partial charge in [0.2, 0.25) is 0 Å². The summed E-state index contributed by atoms with van der Waals surface area (Å²) in [4.78, 5) is 5.12. The Morgan fingerprint density at radius 1 is 1.05 bits per heavy atom. The summed E-state index contributed by atoms with van der Waals surface area (Å²) in [5.74, 6) is 0. The highest BCUT2D eigenvalue weighted by molar-refractivity contribution is 5.37. The molecule has 104 valence electrons. The molecule has 3 nitrogen and oxygen atoms in total. The molecule has 1 aromatic carbocycles. The third kappa shape index (κ3) is 2.20. The highest BCUT2D eigenvalue weighted by Gasteiger charge is 2.36. The molecule has 0 saturated carbocycles. The van der Waals surface area contributed by atoms with Crippen LogP contribution < -0.4 is 5.73 Å². The van der Waals surface area contributed by atoms with Gasteiger partial charge in [0.15, 0.2) is 0 Å². The Labute approximate surface area is 116 Å². The molecule has 1 saturated heterocycles. The normalized spacial score (nSPS) is 36.4. The highest BCUT2D eigenvalue weighted by atomic mass is 15.3. The maximum Gasteiger partial charge on any atom is 0.0370 e. The van der Waals surface area contributed by atoms with Crippen LogP contribution in [0.3, 0.4) is 0 Å². The maximum atomic E-state index is 6.30. The summed E-state index contributed by atoms with van der Waals surface area (Å²) < 4.78 is 0. The van der Waals surface area contributed by atoms with Crippen LogP contribution in [-0.2, 0) is 0 Å². The fourth-order valence-electron chi connectivity index (χ4n) is 3.69. The first-order valence-electron chi connectivity index (χ1n) is 7.38. The third-order valence-electron chi connectivity index (χ3n) is 5.06. The van der Waals surface area contributed by atoms with Crippen LogP contribution in [0.25, 0.3) is 0 Å². The number of hydrogen-bond donors (Lipinski definition) is 1. The first kappa shape index (κ1) is 13.1. The van der Waals surface area contributed by atoms with Crippen LogP contribution in [-0.4, -0.2) is 42.0 Å². The number of benzene rings is 1. The van der Waals surface area contributed by atoms with Gasteiger partial charge >= 0.3 is 0 Å². The molecule has 0 radical (unpaired) electrons. The quantitative estimate of drug-likeness (QED) is 0.839. The topological polar surface area (TPSA) is 32.5 Å². The van der Waals surface area contributed by atoms with E-state index >= 15 is 0 Å². The van der Waals surface area contributed by atoms with Gasteiger partial charge < -0.3 is 5.73 Å². The second-order valence-electron chi connectivity index (χ2n) is 6.30. The van der Waals surface area contributed by atoms with Crippen LogP contribution in [0.4, 0.5) is 0 Å². The number of piperazine rings is 1. The van der Waals surface area contributed by atoms with E-state index in [0.717, 1.165) is 19.5 Å². The standard InChI is InChI=1S/C16H25N3/c1-11-9-19(10-12(2)18(11)3)16-8-15(17)13-6-4-5-7-14(13)16/h4-7,11-12,15-16H,8-10,17H2,1-3H3. The minimum Gasteiger partial charge on any atom is -0.324 e. The van der Waals surface area contributed by atoms with E-state index in [4.69, 9.17) is 5.73 Å². The summed E-state index contributed by atoms with van der Waals surface area (Å²) in [6.45, 7) is 6.94. The average molecular weight is 259 g/mol. The van der Waals surface area contributed by atoms with Crippen molar-refractivity contribution >= 4 is 0 Å². The second kappa shape index (κ2) is 4.89. The SMILES string of the molecule is CC1CN(C2CC(N)c3ccccc32)CC(C)N1C. The summed E-state index contributed by atoms with van der Waals surface area (Å²) >= 11 is 0. The van der Waals surface area contributed by atoms with Gasteiger partial charge in [0.1, 0.15) is 0 Å². The van der Waals surface area contributed by atoms with Crippen LogP contribution in [0.15, 0.2) is 24.3 Å². The number of nitrogens with zero attached hydrogens (tertiary/aromatic N) is 2. The van der Waals surface area contributed by atoms with Crippen molar-refractivity contribution in [1.82, 2.24) is 9.80 Å². The number of fused-ring (bicyclic) bond motifs is 1. The molecule has 1 heterocycles. The van der Waals surface area contributed by atoms with Gasteiger partial charge in [-0.3, -0.25) is 9.80 Å². The smallest absolute Gasteiger partial charge is 0.0370 e. The molecule has 0 bridgehead atoms. The Balaban J connectivity index is 1.85. The molecule has 4 atom stereocenters. The zero-order valence-electron chi connectivity index (χ0n) is 12.2. The van der Waals surface area contributed by atoms with Crippen molar-refractivity contribution in [3.63, 3.8) is 0 Å². The van der Waals surface area contributed by atoms with Gasteiger partial charge in [-0.15, -0.1) is 0 Å². The molecule has 1 aromatic rings. The van der Waals surface area contributed by atoms with Crippen molar-refractivity contribution in [1.29, 1.82) is 0 Å². The molecule has 19 heavy (non-hydrogen) atoms. The summed E-state index contributed by atoms with van der Waals surface area (Å²) in [7, 11) is 2.24. The number of hydrogen-bond acceptors (Lipinski definition) is 3. The highest BCUT2D eigenvalue weighted by Crippen LogP contribution is 2.41. The molecule has 0 spiro atoms. The first-order valence-corrected chi connectivity index (χ1v) is 7.38. The zero-order valence-corrected chi connectivity index (χ0v) is 12.2. The molecule has 3 rings (SSSR count). The van der Waals surface area contributed by atoms with Crippen LogP contribution in [0, 0.1) is 0 Å². The molecule has 3 heteroatoms. The molecule has 1 aliphatic heterocycles. The Bertz CT molecular complexity index is 447. The summed E-state index contributed by atoms with van der Waals surface area (Å²) in [5, 5.41) is 0. The van der Waals surface area contributed by atoms with Crippen LogP contribution in [0.5, 0.6) is 0 Å². The van der Waals surface area contributed by atoms with Crippen molar-refractivity contribution in [2.24, 2.45) is 5.73 Å². The van der Waals surface area contributed by atoms with Gasteiger partial charge in [0, 0.05) is 37.3 Å². The zero-order chi connectivity index (χ0) is 13.6. The van der Waals surface area contributed by atoms with Crippen LogP contribution in [0.2, 0.25) is 0 Å². The van der Waals surface area contributed by atoms with Gasteiger partial charge in [-0.25, -0.2) is 0 Å². The number of likely N-dealkylation sites (N-methyl/N-ethyl adjacent to an activating group) is 1. The molecule has 1 fully saturated rings. The molecular formula is C16H25N3. The van der Waals surface area contributed by atoms with Gasteiger partial charge in [0.25, 0.3) is 0 Å². The Morgan fingerprint density at radius 2 is 1.63 bits per heavy atom. The largest absolute Gasteiger partial charge is 0.324 e. The number of rotatable bonds is 1. The molecule has 2 N–H and O–H groups in total. The van der Waals surface area contributed by atoms with Crippen molar-refractivity contribution in [2.45, 2.75) is 44.4 Å². The van der Waals surface area contributed by atoms with E-state index in [-0.39, 0.29) is 6.04 Å². The first-order chi connectivity index (χ1) is 9.08. The Morgan fingerprint density at radius 3 is 2.26 bits per heavy atom.